The molecule has 1 aromatic heterocycles. The summed E-state index contributed by atoms with van der Waals surface area (Å²) < 4.78 is 10.5. The minimum absolute atomic E-state index is 0.252. The third-order valence-electron chi connectivity index (χ3n) is 4.24. The largest absolute Gasteiger partial charge is 0.497 e. The van der Waals surface area contributed by atoms with E-state index >= 15 is 0 Å². The van der Waals surface area contributed by atoms with Gasteiger partial charge in [-0.15, -0.1) is 0 Å². The molecule has 0 unspecified atom stereocenters. The Kier molecular flexibility index (Phi) is 6.64. The topological polar surface area (TPSA) is 85.4 Å². The fraction of sp³-hybridized carbons (Fsp3) is 0.174. The first-order valence-electron chi connectivity index (χ1n) is 9.37. The molecule has 7 nitrogen and oxygen atoms in total. The number of rotatable bonds is 7. The summed E-state index contributed by atoms with van der Waals surface area (Å²) in [5.74, 6) is 1.63. The number of hydrogen-bond acceptors (Lipinski definition) is 6. The molecule has 2 N–H and O–H groups in total. The molecule has 3 rings (SSSR count). The third kappa shape index (κ3) is 5.57. The highest BCUT2D eigenvalue weighted by atomic mass is 16.5. The number of amides is 1. The predicted molar refractivity (Wildman–Crippen MR) is 118 cm³/mol. The molecule has 0 saturated carbocycles. The first-order valence-corrected chi connectivity index (χ1v) is 9.37. The molecular weight excluding hydrogens is 380 g/mol. The maximum absolute atomic E-state index is 12.3. The fourth-order valence-electron chi connectivity index (χ4n) is 2.87. The second-order valence-electron chi connectivity index (χ2n) is 6.61. The molecule has 0 aliphatic heterocycles. The van der Waals surface area contributed by atoms with Crippen LogP contribution in [0.1, 0.15) is 17.0 Å². The maximum Gasteiger partial charge on any atom is 0.248 e. The number of ether oxygens (including phenoxy) is 2. The second-order valence-corrected chi connectivity index (χ2v) is 6.61. The lowest BCUT2D eigenvalue weighted by atomic mass is 10.1. The van der Waals surface area contributed by atoms with E-state index in [2.05, 4.69) is 20.6 Å². The van der Waals surface area contributed by atoms with Crippen molar-refractivity contribution in [1.82, 2.24) is 9.97 Å². The summed E-state index contributed by atoms with van der Waals surface area (Å²) in [7, 11) is 3.17. The van der Waals surface area contributed by atoms with Crippen LogP contribution in [0.4, 0.5) is 17.3 Å². The van der Waals surface area contributed by atoms with Crippen molar-refractivity contribution in [2.45, 2.75) is 13.8 Å². The van der Waals surface area contributed by atoms with Crippen molar-refractivity contribution in [3.8, 4) is 11.5 Å². The van der Waals surface area contributed by atoms with Crippen molar-refractivity contribution in [1.29, 1.82) is 0 Å². The van der Waals surface area contributed by atoms with Crippen LogP contribution in [0.3, 0.4) is 0 Å². The van der Waals surface area contributed by atoms with Crippen LogP contribution in [0.2, 0.25) is 0 Å². The summed E-state index contributed by atoms with van der Waals surface area (Å²) in [6, 6.07) is 14.6. The van der Waals surface area contributed by atoms with Crippen molar-refractivity contribution in [3.05, 3.63) is 71.6 Å². The molecule has 0 radical (unpaired) electrons. The minimum atomic E-state index is -0.252. The third-order valence-corrected chi connectivity index (χ3v) is 4.24. The number of aryl methyl sites for hydroxylation is 2. The standard InChI is InChI=1S/C23H24N4O3/c1-15-13-16(2)25-23(24-15)27-19-8-6-18(7-9-19)26-22(28)12-5-17-14-20(29-3)10-11-21(17)30-4/h5-14H,1-4H3,(H,26,28)(H,24,25,27)/b12-5+. The average molecular weight is 404 g/mol. The van der Waals surface area contributed by atoms with Crippen LogP contribution >= 0.6 is 0 Å². The van der Waals surface area contributed by atoms with Crippen LogP contribution in [0.15, 0.2) is 54.6 Å². The van der Waals surface area contributed by atoms with Gasteiger partial charge in [0, 0.05) is 34.4 Å². The van der Waals surface area contributed by atoms with E-state index in [1.165, 1.54) is 6.08 Å². The SMILES string of the molecule is COc1ccc(OC)c(/C=C/C(=O)Nc2ccc(Nc3nc(C)cc(C)n3)cc2)c1. The molecule has 7 heteroatoms. The number of aromatic nitrogens is 2. The lowest BCUT2D eigenvalue weighted by Crippen LogP contribution is -2.07. The number of anilines is 3. The zero-order valence-electron chi connectivity index (χ0n) is 17.4. The van der Waals surface area contributed by atoms with Gasteiger partial charge < -0.3 is 20.1 Å². The Morgan fingerprint density at radius 1 is 0.900 bits per heavy atom. The Labute approximate surface area is 175 Å². The Morgan fingerprint density at radius 2 is 1.57 bits per heavy atom. The molecule has 0 aliphatic carbocycles. The van der Waals surface area contributed by atoms with E-state index in [4.69, 9.17) is 9.47 Å². The van der Waals surface area contributed by atoms with E-state index in [1.807, 2.05) is 44.2 Å². The number of nitrogens with zero attached hydrogens (tertiary/aromatic N) is 2. The van der Waals surface area contributed by atoms with Crippen molar-refractivity contribution in [2.24, 2.45) is 0 Å². The van der Waals surface area contributed by atoms with Gasteiger partial charge in [-0.05, 0) is 68.5 Å². The molecule has 1 heterocycles. The predicted octanol–water partition coefficient (Wildman–Crippen LogP) is 4.51. The molecule has 0 atom stereocenters. The smallest absolute Gasteiger partial charge is 0.248 e. The van der Waals surface area contributed by atoms with E-state index in [1.54, 1.807) is 38.5 Å². The fourth-order valence-corrected chi connectivity index (χ4v) is 2.87. The Bertz CT molecular complexity index is 1040. The summed E-state index contributed by atoms with van der Waals surface area (Å²) >= 11 is 0. The monoisotopic (exact) mass is 404 g/mol. The minimum Gasteiger partial charge on any atom is -0.497 e. The molecule has 3 aromatic rings. The lowest BCUT2D eigenvalue weighted by molar-refractivity contribution is -0.111. The quantitative estimate of drug-likeness (QED) is 0.564. The van der Waals surface area contributed by atoms with Crippen LogP contribution in [0.5, 0.6) is 11.5 Å². The van der Waals surface area contributed by atoms with E-state index in [-0.39, 0.29) is 5.91 Å². The molecular formula is C23H24N4O3. The summed E-state index contributed by atoms with van der Waals surface area (Å²) in [4.78, 5) is 21.0. The van der Waals surface area contributed by atoms with Crippen molar-refractivity contribution >= 4 is 29.3 Å². The van der Waals surface area contributed by atoms with Gasteiger partial charge in [0.2, 0.25) is 11.9 Å². The first kappa shape index (κ1) is 20.9. The van der Waals surface area contributed by atoms with Crippen LogP contribution in [-0.2, 0) is 4.79 Å². The maximum atomic E-state index is 12.3. The highest BCUT2D eigenvalue weighted by Crippen LogP contribution is 2.25. The molecule has 0 bridgehead atoms. The number of carbonyl (C=O) groups excluding carboxylic acids is 1. The molecule has 1 amide bonds. The van der Waals surface area contributed by atoms with Gasteiger partial charge in [0.15, 0.2) is 0 Å². The Morgan fingerprint density at radius 3 is 2.20 bits per heavy atom. The van der Waals surface area contributed by atoms with Crippen LogP contribution in [0, 0.1) is 13.8 Å². The number of hydrogen-bond donors (Lipinski definition) is 2. The summed E-state index contributed by atoms with van der Waals surface area (Å²) in [5.41, 5.74) is 4.05. The van der Waals surface area contributed by atoms with Crippen molar-refractivity contribution < 1.29 is 14.3 Å². The summed E-state index contributed by atoms with van der Waals surface area (Å²) in [5, 5.41) is 5.99. The zero-order valence-corrected chi connectivity index (χ0v) is 17.4. The van der Waals surface area contributed by atoms with Gasteiger partial charge in [0.1, 0.15) is 11.5 Å². The van der Waals surface area contributed by atoms with Crippen molar-refractivity contribution in [2.75, 3.05) is 24.9 Å². The molecule has 0 fully saturated rings. The van der Waals surface area contributed by atoms with Gasteiger partial charge in [0.05, 0.1) is 14.2 Å². The zero-order chi connectivity index (χ0) is 21.5. The van der Waals surface area contributed by atoms with Gasteiger partial charge >= 0.3 is 0 Å². The molecule has 30 heavy (non-hydrogen) atoms. The van der Waals surface area contributed by atoms with Gasteiger partial charge in [-0.2, -0.15) is 0 Å². The van der Waals surface area contributed by atoms with Crippen LogP contribution in [0.25, 0.3) is 6.08 Å². The van der Waals surface area contributed by atoms with Crippen LogP contribution < -0.4 is 20.1 Å². The number of benzene rings is 2. The van der Waals surface area contributed by atoms with E-state index < -0.39 is 0 Å². The highest BCUT2D eigenvalue weighted by molar-refractivity contribution is 6.02. The normalized spacial score (nSPS) is 10.7. The summed E-state index contributed by atoms with van der Waals surface area (Å²) in [6.45, 7) is 3.85. The van der Waals surface area contributed by atoms with Crippen LogP contribution in [-0.4, -0.2) is 30.1 Å². The Balaban J connectivity index is 1.64. The molecule has 0 saturated heterocycles. The van der Waals surface area contributed by atoms with E-state index in [9.17, 15) is 4.79 Å². The van der Waals surface area contributed by atoms with Gasteiger partial charge in [-0.25, -0.2) is 9.97 Å². The lowest BCUT2D eigenvalue weighted by Gasteiger charge is -2.08. The molecule has 154 valence electrons. The first-order chi connectivity index (χ1) is 14.5. The molecule has 0 aliphatic rings. The highest BCUT2D eigenvalue weighted by Gasteiger charge is 2.05. The molecule has 0 spiro atoms. The van der Waals surface area contributed by atoms with Gasteiger partial charge in [-0.3, -0.25) is 4.79 Å². The number of carbonyl (C=O) groups is 1. The van der Waals surface area contributed by atoms with E-state index in [0.717, 1.165) is 22.6 Å². The van der Waals surface area contributed by atoms with E-state index in [0.29, 0.717) is 23.1 Å². The van der Waals surface area contributed by atoms with Gasteiger partial charge in [-0.1, -0.05) is 0 Å². The second kappa shape index (κ2) is 9.56. The van der Waals surface area contributed by atoms with Gasteiger partial charge in [0.25, 0.3) is 0 Å². The summed E-state index contributed by atoms with van der Waals surface area (Å²) in [6.07, 6.45) is 3.14. The number of nitrogens with one attached hydrogen (secondary N) is 2. The number of methoxy groups -OCH3 is 2. The van der Waals surface area contributed by atoms with Crippen molar-refractivity contribution in [3.63, 3.8) is 0 Å². The molecule has 2 aromatic carbocycles. The average Bonchev–Trinajstić information content (AvgIpc) is 2.72. The Hall–Kier alpha value is -3.87.